The van der Waals surface area contributed by atoms with E-state index in [1.165, 1.54) is 33.4 Å². The molecule has 0 spiro atoms. The average molecular weight is 413 g/mol. The first kappa shape index (κ1) is 19.0. The fourth-order valence-corrected chi connectivity index (χ4v) is 5.67. The monoisotopic (exact) mass is 412 g/mol. The Labute approximate surface area is 180 Å². The van der Waals surface area contributed by atoms with Crippen molar-refractivity contribution in [2.75, 3.05) is 5.32 Å². The zero-order valence-corrected chi connectivity index (χ0v) is 18.3. The normalized spacial score (nSPS) is 12.9. The topological polar surface area (TPSA) is 42.0 Å². The summed E-state index contributed by atoms with van der Waals surface area (Å²) < 4.78 is 0. The van der Waals surface area contributed by atoms with Crippen LogP contribution in [0.25, 0.3) is 21.3 Å². The van der Waals surface area contributed by atoms with Gasteiger partial charge in [-0.3, -0.25) is 4.79 Å². The molecule has 0 fully saturated rings. The molecule has 0 unspecified atom stereocenters. The summed E-state index contributed by atoms with van der Waals surface area (Å²) in [6, 6.07) is 16.4. The second kappa shape index (κ2) is 7.37. The van der Waals surface area contributed by atoms with Crippen molar-refractivity contribution >= 4 is 33.1 Å². The standard InChI is InChI=1S/C26H24N2OS/c1-15-7-11-18(12-8-15)23-22(25(29)28-19-13-9-16(2)10-14-19)17(3)27-26-24(23)20-5-4-6-21(20)30-26/h7-14H,4-6H2,1-3H3,(H,28,29). The van der Waals surface area contributed by atoms with Crippen LogP contribution < -0.4 is 5.32 Å². The Bertz CT molecular complexity index is 1270. The lowest BCUT2D eigenvalue weighted by atomic mass is 9.93. The van der Waals surface area contributed by atoms with E-state index in [0.717, 1.165) is 40.2 Å². The summed E-state index contributed by atoms with van der Waals surface area (Å²) in [6.45, 7) is 6.08. The number of carbonyl (C=O) groups is 1. The fourth-order valence-electron chi connectivity index (χ4n) is 4.36. The van der Waals surface area contributed by atoms with Crippen LogP contribution in [-0.2, 0) is 12.8 Å². The molecule has 0 saturated carbocycles. The Hall–Kier alpha value is -2.98. The number of amides is 1. The van der Waals surface area contributed by atoms with Gasteiger partial charge in [0.2, 0.25) is 0 Å². The van der Waals surface area contributed by atoms with Gasteiger partial charge in [0.25, 0.3) is 5.91 Å². The van der Waals surface area contributed by atoms with E-state index in [0.29, 0.717) is 5.56 Å². The van der Waals surface area contributed by atoms with Crippen molar-refractivity contribution in [3.8, 4) is 11.1 Å². The molecule has 1 N–H and O–H groups in total. The second-order valence-corrected chi connectivity index (χ2v) is 9.25. The average Bonchev–Trinajstić information content (AvgIpc) is 3.30. The third kappa shape index (κ3) is 3.21. The molecule has 2 aromatic heterocycles. The number of hydrogen-bond acceptors (Lipinski definition) is 3. The summed E-state index contributed by atoms with van der Waals surface area (Å²) in [5, 5.41) is 4.27. The van der Waals surface area contributed by atoms with E-state index in [1.54, 1.807) is 11.3 Å². The Morgan fingerprint density at radius 2 is 1.60 bits per heavy atom. The van der Waals surface area contributed by atoms with E-state index in [4.69, 9.17) is 4.98 Å². The van der Waals surface area contributed by atoms with Crippen LogP contribution in [0.3, 0.4) is 0 Å². The number of anilines is 1. The van der Waals surface area contributed by atoms with Gasteiger partial charge in [0.15, 0.2) is 0 Å². The third-order valence-electron chi connectivity index (χ3n) is 5.91. The van der Waals surface area contributed by atoms with Gasteiger partial charge in [0, 0.05) is 21.5 Å². The van der Waals surface area contributed by atoms with Gasteiger partial charge in [-0.1, -0.05) is 47.5 Å². The first-order chi connectivity index (χ1) is 14.5. The molecule has 1 aliphatic rings. The van der Waals surface area contributed by atoms with E-state index in [-0.39, 0.29) is 5.91 Å². The largest absolute Gasteiger partial charge is 0.322 e. The SMILES string of the molecule is Cc1ccc(NC(=O)c2c(C)nc3sc4c(c3c2-c2ccc(C)cc2)CCC4)cc1. The van der Waals surface area contributed by atoms with Crippen LogP contribution in [0.5, 0.6) is 0 Å². The summed E-state index contributed by atoms with van der Waals surface area (Å²) in [5.41, 5.74) is 8.14. The lowest BCUT2D eigenvalue weighted by Gasteiger charge is -2.16. The number of nitrogens with one attached hydrogen (secondary N) is 1. The number of aromatic nitrogens is 1. The quantitative estimate of drug-likeness (QED) is 0.410. The molecule has 5 rings (SSSR count). The van der Waals surface area contributed by atoms with Gasteiger partial charge in [0.05, 0.1) is 11.3 Å². The lowest BCUT2D eigenvalue weighted by molar-refractivity contribution is 0.102. The molecule has 0 bridgehead atoms. The number of fused-ring (bicyclic) bond motifs is 3. The molecule has 2 heterocycles. The smallest absolute Gasteiger partial charge is 0.258 e. The Morgan fingerprint density at radius 3 is 2.30 bits per heavy atom. The summed E-state index contributed by atoms with van der Waals surface area (Å²) >= 11 is 1.80. The van der Waals surface area contributed by atoms with E-state index in [1.807, 2.05) is 38.1 Å². The van der Waals surface area contributed by atoms with Gasteiger partial charge in [0.1, 0.15) is 4.83 Å². The maximum atomic E-state index is 13.5. The Kier molecular flexibility index (Phi) is 4.67. The second-order valence-electron chi connectivity index (χ2n) is 8.17. The van der Waals surface area contributed by atoms with E-state index in [2.05, 4.69) is 36.5 Å². The summed E-state index contributed by atoms with van der Waals surface area (Å²) in [7, 11) is 0. The summed E-state index contributed by atoms with van der Waals surface area (Å²) in [5.74, 6) is -0.0979. The molecule has 4 aromatic rings. The van der Waals surface area contributed by atoms with Crippen molar-refractivity contribution in [3.63, 3.8) is 0 Å². The van der Waals surface area contributed by atoms with Crippen LogP contribution in [-0.4, -0.2) is 10.9 Å². The molecule has 0 saturated heterocycles. The number of rotatable bonds is 3. The van der Waals surface area contributed by atoms with Crippen LogP contribution in [0.2, 0.25) is 0 Å². The van der Waals surface area contributed by atoms with Crippen molar-refractivity contribution in [2.24, 2.45) is 0 Å². The molecule has 1 aliphatic carbocycles. The predicted molar refractivity (Wildman–Crippen MR) is 126 cm³/mol. The van der Waals surface area contributed by atoms with Crippen molar-refractivity contribution in [3.05, 3.63) is 81.4 Å². The number of aryl methyl sites for hydroxylation is 5. The minimum atomic E-state index is -0.0979. The van der Waals surface area contributed by atoms with Crippen LogP contribution in [0.1, 0.15) is 44.0 Å². The predicted octanol–water partition coefficient (Wildman–Crippen LogP) is 6.63. The number of thiophene rings is 1. The van der Waals surface area contributed by atoms with E-state index in [9.17, 15) is 4.79 Å². The molecule has 3 nitrogen and oxygen atoms in total. The van der Waals surface area contributed by atoms with Crippen LogP contribution in [0, 0.1) is 20.8 Å². The van der Waals surface area contributed by atoms with Gasteiger partial charge >= 0.3 is 0 Å². The highest BCUT2D eigenvalue weighted by atomic mass is 32.1. The van der Waals surface area contributed by atoms with Crippen molar-refractivity contribution in [1.29, 1.82) is 0 Å². The number of carbonyl (C=O) groups excluding carboxylic acids is 1. The molecule has 1 amide bonds. The zero-order chi connectivity index (χ0) is 20.8. The Balaban J connectivity index is 1.73. The first-order valence-corrected chi connectivity index (χ1v) is 11.2. The first-order valence-electron chi connectivity index (χ1n) is 10.4. The molecular formula is C26H24N2OS. The van der Waals surface area contributed by atoms with Crippen molar-refractivity contribution < 1.29 is 4.79 Å². The highest BCUT2D eigenvalue weighted by Crippen LogP contribution is 2.43. The lowest BCUT2D eigenvalue weighted by Crippen LogP contribution is -2.16. The number of pyridine rings is 1. The van der Waals surface area contributed by atoms with Crippen LogP contribution in [0.4, 0.5) is 5.69 Å². The van der Waals surface area contributed by atoms with Crippen molar-refractivity contribution in [2.45, 2.75) is 40.0 Å². The maximum absolute atomic E-state index is 13.5. The Morgan fingerprint density at radius 1 is 0.933 bits per heavy atom. The van der Waals surface area contributed by atoms with Gasteiger partial charge in [-0.05, 0) is 63.3 Å². The van der Waals surface area contributed by atoms with Crippen LogP contribution in [0.15, 0.2) is 48.5 Å². The summed E-state index contributed by atoms with van der Waals surface area (Å²) in [4.78, 5) is 20.9. The molecule has 0 aliphatic heterocycles. The van der Waals surface area contributed by atoms with Gasteiger partial charge in [-0.25, -0.2) is 4.98 Å². The van der Waals surface area contributed by atoms with Gasteiger partial charge in [-0.15, -0.1) is 11.3 Å². The van der Waals surface area contributed by atoms with Gasteiger partial charge in [-0.2, -0.15) is 0 Å². The minimum Gasteiger partial charge on any atom is -0.322 e. The molecule has 4 heteroatoms. The van der Waals surface area contributed by atoms with E-state index >= 15 is 0 Å². The number of benzene rings is 2. The molecule has 0 atom stereocenters. The highest BCUT2D eigenvalue weighted by Gasteiger charge is 2.27. The van der Waals surface area contributed by atoms with Gasteiger partial charge < -0.3 is 5.32 Å². The fraction of sp³-hybridized carbons (Fsp3) is 0.231. The summed E-state index contributed by atoms with van der Waals surface area (Å²) in [6.07, 6.45) is 3.37. The molecule has 30 heavy (non-hydrogen) atoms. The van der Waals surface area contributed by atoms with E-state index < -0.39 is 0 Å². The molecule has 150 valence electrons. The number of nitrogens with zero attached hydrogens (tertiary/aromatic N) is 1. The zero-order valence-electron chi connectivity index (χ0n) is 17.5. The molecule has 0 radical (unpaired) electrons. The number of hydrogen-bond donors (Lipinski definition) is 1. The maximum Gasteiger partial charge on any atom is 0.258 e. The molecular weight excluding hydrogens is 388 g/mol. The molecule has 2 aromatic carbocycles. The third-order valence-corrected chi connectivity index (χ3v) is 7.10. The minimum absolute atomic E-state index is 0.0979. The van der Waals surface area contributed by atoms with Crippen LogP contribution >= 0.6 is 11.3 Å². The highest BCUT2D eigenvalue weighted by molar-refractivity contribution is 7.19. The van der Waals surface area contributed by atoms with Crippen molar-refractivity contribution in [1.82, 2.24) is 4.98 Å².